The number of carboxylic acids is 1. The Hall–Kier alpha value is -1.92. The maximum atomic E-state index is 12.8. The topological polar surface area (TPSA) is 70.5 Å². The van der Waals surface area contributed by atoms with Crippen molar-refractivity contribution in [3.63, 3.8) is 0 Å². The van der Waals surface area contributed by atoms with Crippen LogP contribution in [0.15, 0.2) is 23.6 Å². The van der Waals surface area contributed by atoms with Gasteiger partial charge in [0.25, 0.3) is 5.91 Å². The SMILES string of the molecule is Cc1csc(C2CCCN2C(=O)c2cc(Cl)cc(C(=O)O)c2)n1. The van der Waals surface area contributed by atoms with Gasteiger partial charge in [0.15, 0.2) is 0 Å². The number of aromatic carboxylic acids is 1. The van der Waals surface area contributed by atoms with Crippen LogP contribution in [0.1, 0.15) is 50.3 Å². The molecule has 1 aliphatic heterocycles. The molecule has 0 spiro atoms. The summed E-state index contributed by atoms with van der Waals surface area (Å²) in [7, 11) is 0. The highest BCUT2D eigenvalue weighted by Crippen LogP contribution is 2.35. The van der Waals surface area contributed by atoms with Crippen LogP contribution < -0.4 is 0 Å². The summed E-state index contributed by atoms with van der Waals surface area (Å²) in [5, 5.41) is 12.3. The zero-order valence-electron chi connectivity index (χ0n) is 12.5. The average Bonchev–Trinajstić information content (AvgIpc) is 3.14. The van der Waals surface area contributed by atoms with Crippen molar-refractivity contribution < 1.29 is 14.7 Å². The van der Waals surface area contributed by atoms with Gasteiger partial charge < -0.3 is 10.0 Å². The molecule has 7 heteroatoms. The van der Waals surface area contributed by atoms with E-state index in [2.05, 4.69) is 4.98 Å². The van der Waals surface area contributed by atoms with Crippen molar-refractivity contribution in [2.45, 2.75) is 25.8 Å². The number of aryl methyl sites for hydroxylation is 1. The molecule has 1 atom stereocenters. The summed E-state index contributed by atoms with van der Waals surface area (Å²) in [5.41, 5.74) is 1.26. The standard InChI is InChI=1S/C16H15ClN2O3S/c1-9-8-23-14(18-9)13-3-2-4-19(13)15(20)10-5-11(16(21)22)7-12(17)6-10/h5-8,13H,2-4H2,1H3,(H,21,22). The van der Waals surface area contributed by atoms with Crippen LogP contribution in [0, 0.1) is 6.92 Å². The molecule has 1 N–H and O–H groups in total. The lowest BCUT2D eigenvalue weighted by molar-refractivity contribution is 0.0697. The van der Waals surface area contributed by atoms with Crippen LogP contribution in [0.4, 0.5) is 0 Å². The minimum Gasteiger partial charge on any atom is -0.478 e. The first-order chi connectivity index (χ1) is 11.0. The first-order valence-electron chi connectivity index (χ1n) is 7.22. The van der Waals surface area contributed by atoms with Crippen LogP contribution in [-0.2, 0) is 0 Å². The number of rotatable bonds is 3. The molecule has 2 heterocycles. The largest absolute Gasteiger partial charge is 0.478 e. The molecular formula is C16H15ClN2O3S. The van der Waals surface area contributed by atoms with E-state index < -0.39 is 5.97 Å². The minimum absolute atomic E-state index is 0.0155. The second-order valence-electron chi connectivity index (χ2n) is 5.52. The number of aromatic nitrogens is 1. The number of likely N-dealkylation sites (tertiary alicyclic amines) is 1. The minimum atomic E-state index is -1.10. The number of hydrogen-bond acceptors (Lipinski definition) is 4. The van der Waals surface area contributed by atoms with E-state index in [1.54, 1.807) is 16.2 Å². The van der Waals surface area contributed by atoms with Gasteiger partial charge in [-0.1, -0.05) is 11.6 Å². The number of benzene rings is 1. The molecule has 1 aliphatic rings. The number of nitrogens with zero attached hydrogens (tertiary/aromatic N) is 2. The predicted octanol–water partition coefficient (Wildman–Crippen LogP) is 3.78. The third-order valence-electron chi connectivity index (χ3n) is 3.83. The van der Waals surface area contributed by atoms with Gasteiger partial charge in [0, 0.05) is 28.2 Å². The van der Waals surface area contributed by atoms with Gasteiger partial charge in [0.05, 0.1) is 11.6 Å². The van der Waals surface area contributed by atoms with Crippen molar-refractivity contribution in [3.05, 3.63) is 50.4 Å². The summed E-state index contributed by atoms with van der Waals surface area (Å²) in [6.45, 7) is 2.56. The first kappa shape index (κ1) is 16.0. The Labute approximate surface area is 142 Å². The van der Waals surface area contributed by atoms with Crippen molar-refractivity contribution in [1.82, 2.24) is 9.88 Å². The van der Waals surface area contributed by atoms with Crippen LogP contribution in [0.2, 0.25) is 5.02 Å². The van der Waals surface area contributed by atoms with Crippen molar-refractivity contribution in [3.8, 4) is 0 Å². The van der Waals surface area contributed by atoms with Crippen LogP contribution in [0.5, 0.6) is 0 Å². The van der Waals surface area contributed by atoms with Gasteiger partial charge >= 0.3 is 5.97 Å². The van der Waals surface area contributed by atoms with E-state index in [0.29, 0.717) is 12.1 Å². The fraction of sp³-hybridized carbons (Fsp3) is 0.312. The Bertz CT molecular complexity index is 774. The maximum Gasteiger partial charge on any atom is 0.335 e. The third kappa shape index (κ3) is 3.23. The zero-order chi connectivity index (χ0) is 16.6. The van der Waals surface area contributed by atoms with Crippen LogP contribution in [0.25, 0.3) is 0 Å². The summed E-state index contributed by atoms with van der Waals surface area (Å²) in [5.74, 6) is -1.31. The van der Waals surface area contributed by atoms with Crippen molar-refractivity contribution in [2.75, 3.05) is 6.54 Å². The summed E-state index contributed by atoms with van der Waals surface area (Å²) < 4.78 is 0. The highest BCUT2D eigenvalue weighted by atomic mass is 35.5. The summed E-state index contributed by atoms with van der Waals surface area (Å²) >= 11 is 7.51. The van der Waals surface area contributed by atoms with Crippen LogP contribution in [0.3, 0.4) is 0 Å². The summed E-state index contributed by atoms with van der Waals surface area (Å²) in [6, 6.07) is 4.18. The first-order valence-corrected chi connectivity index (χ1v) is 8.48. The number of carbonyl (C=O) groups is 2. The number of halogens is 1. The average molecular weight is 351 g/mol. The molecule has 0 bridgehead atoms. The van der Waals surface area contributed by atoms with Crippen LogP contribution >= 0.6 is 22.9 Å². The Balaban J connectivity index is 1.91. The molecule has 120 valence electrons. The molecule has 1 fully saturated rings. The van der Waals surface area contributed by atoms with E-state index in [1.807, 2.05) is 12.3 Å². The second kappa shape index (κ2) is 6.29. The Morgan fingerprint density at radius 2 is 2.09 bits per heavy atom. The third-order valence-corrected chi connectivity index (χ3v) is 5.11. The molecule has 1 aromatic heterocycles. The van der Waals surface area contributed by atoms with E-state index in [0.717, 1.165) is 23.5 Å². The quantitative estimate of drug-likeness (QED) is 0.914. The summed E-state index contributed by atoms with van der Waals surface area (Å²) in [4.78, 5) is 30.2. The van der Waals surface area contributed by atoms with E-state index in [-0.39, 0.29) is 22.5 Å². The fourth-order valence-electron chi connectivity index (χ4n) is 2.79. The molecule has 3 rings (SSSR count). The second-order valence-corrected chi connectivity index (χ2v) is 6.84. The number of carboxylic acid groups (broad SMARTS) is 1. The highest BCUT2D eigenvalue weighted by molar-refractivity contribution is 7.09. The van der Waals surface area contributed by atoms with Gasteiger partial charge in [-0.2, -0.15) is 0 Å². The molecule has 0 radical (unpaired) electrons. The van der Waals surface area contributed by atoms with Crippen molar-refractivity contribution in [2.24, 2.45) is 0 Å². The van der Waals surface area contributed by atoms with Gasteiger partial charge in [-0.15, -0.1) is 11.3 Å². The van der Waals surface area contributed by atoms with Gasteiger partial charge in [-0.05, 0) is 38.0 Å². The smallest absolute Gasteiger partial charge is 0.335 e. The van der Waals surface area contributed by atoms with Crippen molar-refractivity contribution >= 4 is 34.8 Å². The molecule has 1 aromatic carbocycles. The fourth-order valence-corrected chi connectivity index (χ4v) is 3.97. The van der Waals surface area contributed by atoms with Gasteiger partial charge in [-0.3, -0.25) is 4.79 Å². The van der Waals surface area contributed by atoms with E-state index >= 15 is 0 Å². The lowest BCUT2D eigenvalue weighted by Gasteiger charge is -2.23. The maximum absolute atomic E-state index is 12.8. The lowest BCUT2D eigenvalue weighted by Crippen LogP contribution is -2.30. The zero-order valence-corrected chi connectivity index (χ0v) is 14.0. The summed E-state index contributed by atoms with van der Waals surface area (Å²) in [6.07, 6.45) is 1.77. The monoisotopic (exact) mass is 350 g/mol. The normalized spacial score (nSPS) is 17.5. The highest BCUT2D eigenvalue weighted by Gasteiger charge is 2.32. The van der Waals surface area contributed by atoms with E-state index in [4.69, 9.17) is 16.7 Å². The Kier molecular flexibility index (Phi) is 4.37. The molecule has 0 saturated carbocycles. The molecule has 1 unspecified atom stereocenters. The number of amides is 1. The number of thiazole rings is 1. The molecule has 1 amide bonds. The van der Waals surface area contributed by atoms with Gasteiger partial charge in [-0.25, -0.2) is 9.78 Å². The lowest BCUT2D eigenvalue weighted by atomic mass is 10.1. The molecular weight excluding hydrogens is 336 g/mol. The number of carbonyl (C=O) groups excluding carboxylic acids is 1. The van der Waals surface area contributed by atoms with Crippen molar-refractivity contribution in [1.29, 1.82) is 0 Å². The number of hydrogen-bond donors (Lipinski definition) is 1. The van der Waals surface area contributed by atoms with E-state index in [9.17, 15) is 9.59 Å². The van der Waals surface area contributed by atoms with Gasteiger partial charge in [0.1, 0.15) is 5.01 Å². The van der Waals surface area contributed by atoms with Gasteiger partial charge in [0.2, 0.25) is 0 Å². The molecule has 23 heavy (non-hydrogen) atoms. The molecule has 2 aromatic rings. The van der Waals surface area contributed by atoms with E-state index in [1.165, 1.54) is 18.2 Å². The van der Waals surface area contributed by atoms with Crippen LogP contribution in [-0.4, -0.2) is 33.4 Å². The molecule has 0 aliphatic carbocycles. The predicted molar refractivity (Wildman–Crippen MR) is 88.3 cm³/mol. The Morgan fingerprint density at radius 1 is 1.35 bits per heavy atom. The Morgan fingerprint density at radius 3 is 2.74 bits per heavy atom. The molecule has 5 nitrogen and oxygen atoms in total. The molecule has 1 saturated heterocycles.